The van der Waals surface area contributed by atoms with Crippen LogP contribution >= 0.6 is 11.6 Å². The predicted molar refractivity (Wildman–Crippen MR) is 126 cm³/mol. The topological polar surface area (TPSA) is 93.7 Å². The summed E-state index contributed by atoms with van der Waals surface area (Å²) >= 11 is 6.07. The highest BCUT2D eigenvalue weighted by molar-refractivity contribution is 7.92. The van der Waals surface area contributed by atoms with Gasteiger partial charge in [-0.2, -0.15) is 0 Å². The summed E-state index contributed by atoms with van der Waals surface area (Å²) < 4.78 is 38.8. The van der Waals surface area contributed by atoms with Gasteiger partial charge in [0.25, 0.3) is 10.0 Å². The van der Waals surface area contributed by atoms with Gasteiger partial charge in [0.05, 0.1) is 24.9 Å². The van der Waals surface area contributed by atoms with Gasteiger partial charge in [0.15, 0.2) is 0 Å². The SMILES string of the molecule is COc1ccccc1C=CC(=O)Nc1ccc(OC)c(S(=O)(=O)Nc2ccccc2Cl)c1. The van der Waals surface area contributed by atoms with Crippen molar-refractivity contribution in [2.45, 2.75) is 4.90 Å². The monoisotopic (exact) mass is 472 g/mol. The number of halogens is 1. The Labute approximate surface area is 191 Å². The number of nitrogens with one attached hydrogen (secondary N) is 2. The summed E-state index contributed by atoms with van der Waals surface area (Å²) in [5, 5.41) is 2.90. The molecule has 0 aromatic heterocycles. The van der Waals surface area contributed by atoms with Gasteiger partial charge in [0, 0.05) is 17.3 Å². The molecule has 0 aliphatic heterocycles. The van der Waals surface area contributed by atoms with Gasteiger partial charge in [-0.1, -0.05) is 41.9 Å². The minimum absolute atomic E-state index is 0.118. The third-order valence-electron chi connectivity index (χ3n) is 4.39. The summed E-state index contributed by atoms with van der Waals surface area (Å²) in [6.45, 7) is 0. The number of benzene rings is 3. The molecule has 3 aromatic rings. The fourth-order valence-electron chi connectivity index (χ4n) is 2.86. The maximum Gasteiger partial charge on any atom is 0.265 e. The van der Waals surface area contributed by atoms with Gasteiger partial charge < -0.3 is 14.8 Å². The first-order chi connectivity index (χ1) is 15.3. The van der Waals surface area contributed by atoms with Crippen molar-refractivity contribution in [1.82, 2.24) is 0 Å². The Morgan fingerprint density at radius 3 is 2.34 bits per heavy atom. The van der Waals surface area contributed by atoms with Crippen LogP contribution in [0.2, 0.25) is 5.02 Å². The average Bonchev–Trinajstić information content (AvgIpc) is 2.79. The van der Waals surface area contributed by atoms with Gasteiger partial charge in [-0.25, -0.2) is 8.42 Å². The van der Waals surface area contributed by atoms with Crippen LogP contribution in [0.3, 0.4) is 0 Å². The zero-order valence-electron chi connectivity index (χ0n) is 17.3. The van der Waals surface area contributed by atoms with E-state index in [-0.39, 0.29) is 27.0 Å². The summed E-state index contributed by atoms with van der Waals surface area (Å²) in [5.41, 5.74) is 1.23. The second kappa shape index (κ2) is 10.2. The maximum absolute atomic E-state index is 13.0. The highest BCUT2D eigenvalue weighted by atomic mass is 35.5. The molecule has 0 saturated carbocycles. The van der Waals surface area contributed by atoms with Crippen molar-refractivity contribution in [3.05, 3.63) is 83.4 Å². The number of sulfonamides is 1. The molecule has 0 radical (unpaired) electrons. The van der Waals surface area contributed by atoms with E-state index in [1.807, 2.05) is 12.1 Å². The molecule has 1 amide bonds. The second-order valence-electron chi connectivity index (χ2n) is 6.52. The Morgan fingerprint density at radius 2 is 1.62 bits per heavy atom. The Morgan fingerprint density at radius 1 is 0.938 bits per heavy atom. The number of carbonyl (C=O) groups is 1. The number of ether oxygens (including phenoxy) is 2. The fraction of sp³-hybridized carbons (Fsp3) is 0.0870. The van der Waals surface area contributed by atoms with E-state index in [0.29, 0.717) is 5.75 Å². The number of hydrogen-bond acceptors (Lipinski definition) is 5. The molecule has 0 unspecified atom stereocenters. The third-order valence-corrected chi connectivity index (χ3v) is 6.11. The molecule has 0 fully saturated rings. The van der Waals surface area contributed by atoms with E-state index in [9.17, 15) is 13.2 Å². The Hall–Kier alpha value is -3.49. The maximum atomic E-state index is 13.0. The Balaban J connectivity index is 1.83. The molecule has 0 spiro atoms. The average molecular weight is 473 g/mol. The van der Waals surface area contributed by atoms with Crippen molar-refractivity contribution in [3.8, 4) is 11.5 Å². The lowest BCUT2D eigenvalue weighted by Crippen LogP contribution is -2.15. The Bertz CT molecular complexity index is 1260. The van der Waals surface area contributed by atoms with Crippen molar-refractivity contribution >= 4 is 45.0 Å². The number of para-hydroxylation sites is 2. The van der Waals surface area contributed by atoms with E-state index in [2.05, 4.69) is 10.0 Å². The summed E-state index contributed by atoms with van der Waals surface area (Å²) in [6, 6.07) is 18.0. The number of anilines is 2. The molecule has 9 heteroatoms. The van der Waals surface area contributed by atoms with Gasteiger partial charge in [0.2, 0.25) is 5.91 Å². The lowest BCUT2D eigenvalue weighted by atomic mass is 10.2. The number of rotatable bonds is 8. The van der Waals surface area contributed by atoms with Crippen molar-refractivity contribution in [2.24, 2.45) is 0 Å². The minimum atomic E-state index is -4.05. The van der Waals surface area contributed by atoms with Gasteiger partial charge in [0.1, 0.15) is 16.4 Å². The van der Waals surface area contributed by atoms with Crippen LogP contribution < -0.4 is 19.5 Å². The van der Waals surface area contributed by atoms with E-state index < -0.39 is 15.9 Å². The summed E-state index contributed by atoms with van der Waals surface area (Å²) in [5.74, 6) is 0.302. The van der Waals surface area contributed by atoms with Crippen molar-refractivity contribution < 1.29 is 22.7 Å². The molecule has 3 rings (SSSR count). The van der Waals surface area contributed by atoms with Crippen LogP contribution in [0.25, 0.3) is 6.08 Å². The van der Waals surface area contributed by atoms with Crippen molar-refractivity contribution in [2.75, 3.05) is 24.3 Å². The van der Waals surface area contributed by atoms with Crippen LogP contribution in [0.4, 0.5) is 11.4 Å². The van der Waals surface area contributed by atoms with Crippen LogP contribution in [0.5, 0.6) is 11.5 Å². The largest absolute Gasteiger partial charge is 0.496 e. The number of methoxy groups -OCH3 is 2. The van der Waals surface area contributed by atoms with Crippen molar-refractivity contribution in [1.29, 1.82) is 0 Å². The Kier molecular flexibility index (Phi) is 7.40. The molecule has 0 aliphatic carbocycles. The molecule has 0 aliphatic rings. The van der Waals surface area contributed by atoms with Crippen LogP contribution in [0, 0.1) is 0 Å². The molecule has 0 heterocycles. The van der Waals surface area contributed by atoms with E-state index in [4.69, 9.17) is 21.1 Å². The van der Waals surface area contributed by atoms with Gasteiger partial charge in [-0.3, -0.25) is 9.52 Å². The van der Waals surface area contributed by atoms with Gasteiger partial charge in [-0.05, 0) is 42.5 Å². The molecule has 0 bridgehead atoms. The second-order valence-corrected chi connectivity index (χ2v) is 8.57. The third kappa shape index (κ3) is 5.60. The molecule has 32 heavy (non-hydrogen) atoms. The molecule has 0 atom stereocenters. The van der Waals surface area contributed by atoms with E-state index in [1.165, 1.54) is 25.3 Å². The van der Waals surface area contributed by atoms with Crippen LogP contribution in [0.1, 0.15) is 5.56 Å². The normalized spacial score (nSPS) is 11.2. The molecular formula is C23H21ClN2O5S. The standard InChI is InChI=1S/C23H21ClN2O5S/c1-30-20-10-6-3-7-16(20)11-14-23(27)25-17-12-13-21(31-2)22(15-17)32(28,29)26-19-9-5-4-8-18(19)24/h3-15,26H,1-2H3,(H,25,27). The van der Waals surface area contributed by atoms with Crippen LogP contribution in [-0.4, -0.2) is 28.5 Å². The van der Waals surface area contributed by atoms with E-state index >= 15 is 0 Å². The molecular weight excluding hydrogens is 452 g/mol. The first kappa shape index (κ1) is 23.2. The first-order valence-electron chi connectivity index (χ1n) is 9.41. The zero-order valence-corrected chi connectivity index (χ0v) is 18.9. The van der Waals surface area contributed by atoms with Crippen molar-refractivity contribution in [3.63, 3.8) is 0 Å². The molecule has 166 valence electrons. The summed E-state index contributed by atoms with van der Waals surface area (Å²) in [7, 11) is -1.14. The van der Waals surface area contributed by atoms with E-state index in [1.54, 1.807) is 55.7 Å². The summed E-state index contributed by atoms with van der Waals surface area (Å²) in [6.07, 6.45) is 2.94. The minimum Gasteiger partial charge on any atom is -0.496 e. The van der Waals surface area contributed by atoms with Gasteiger partial charge >= 0.3 is 0 Å². The van der Waals surface area contributed by atoms with Crippen LogP contribution in [0.15, 0.2) is 77.7 Å². The number of carbonyl (C=O) groups excluding carboxylic acids is 1. The molecule has 7 nitrogen and oxygen atoms in total. The lowest BCUT2D eigenvalue weighted by molar-refractivity contribution is -0.111. The highest BCUT2D eigenvalue weighted by Crippen LogP contribution is 2.31. The predicted octanol–water partition coefficient (Wildman–Crippen LogP) is 4.81. The van der Waals surface area contributed by atoms with E-state index in [0.717, 1.165) is 5.56 Å². The smallest absolute Gasteiger partial charge is 0.265 e. The molecule has 3 aromatic carbocycles. The van der Waals surface area contributed by atoms with Crippen LogP contribution in [-0.2, 0) is 14.8 Å². The van der Waals surface area contributed by atoms with Gasteiger partial charge in [-0.15, -0.1) is 0 Å². The molecule has 2 N–H and O–H groups in total. The first-order valence-corrected chi connectivity index (χ1v) is 11.3. The summed E-state index contributed by atoms with van der Waals surface area (Å²) in [4.78, 5) is 12.2. The fourth-order valence-corrected chi connectivity index (χ4v) is 4.38. The lowest BCUT2D eigenvalue weighted by Gasteiger charge is -2.14. The molecule has 0 saturated heterocycles. The number of amides is 1. The highest BCUT2D eigenvalue weighted by Gasteiger charge is 2.21. The zero-order chi connectivity index (χ0) is 23.1. The quantitative estimate of drug-likeness (QED) is 0.459. The number of hydrogen-bond donors (Lipinski definition) is 2.